The molecule has 136 valence electrons. The third-order valence-electron chi connectivity index (χ3n) is 3.30. The first-order valence-corrected chi connectivity index (χ1v) is 7.34. The van der Waals surface area contributed by atoms with Gasteiger partial charge < -0.3 is 20.5 Å². The first kappa shape index (κ1) is 20.1. The van der Waals surface area contributed by atoms with Crippen molar-refractivity contribution in [1.82, 2.24) is 5.32 Å². The molecule has 24 heavy (non-hydrogen) atoms. The van der Waals surface area contributed by atoms with E-state index in [0.29, 0.717) is 5.56 Å². The van der Waals surface area contributed by atoms with Crippen LogP contribution in [0.25, 0.3) is 0 Å². The van der Waals surface area contributed by atoms with Crippen LogP contribution < -0.4 is 20.5 Å². The van der Waals surface area contributed by atoms with Gasteiger partial charge in [0.1, 0.15) is 0 Å². The van der Waals surface area contributed by atoms with Gasteiger partial charge in [0.15, 0.2) is 18.1 Å². The lowest BCUT2D eigenvalue weighted by Crippen LogP contribution is -2.48. The highest BCUT2D eigenvalue weighted by Crippen LogP contribution is 2.29. The van der Waals surface area contributed by atoms with Crippen LogP contribution in [0.5, 0.6) is 11.5 Å². The number of nitrogens with one attached hydrogen (secondary N) is 1. The maximum absolute atomic E-state index is 12.2. The van der Waals surface area contributed by atoms with Crippen molar-refractivity contribution in [3.8, 4) is 11.5 Å². The van der Waals surface area contributed by atoms with E-state index in [2.05, 4.69) is 5.32 Å². The summed E-state index contributed by atoms with van der Waals surface area (Å²) < 4.78 is 46.4. The number of amides is 1. The first-order valence-electron chi connectivity index (χ1n) is 7.34. The zero-order valence-electron chi connectivity index (χ0n) is 14.2. The molecule has 1 aromatic rings. The molecule has 0 bridgehead atoms. The molecule has 1 rings (SSSR count). The molecule has 1 aromatic carbocycles. The molecule has 1 atom stereocenters. The lowest BCUT2D eigenvalue weighted by molar-refractivity contribution is -0.153. The monoisotopic (exact) mass is 348 g/mol. The second-order valence-corrected chi connectivity index (χ2v) is 6.45. The number of carbonyl (C=O) groups excluding carboxylic acids is 1. The van der Waals surface area contributed by atoms with Crippen LogP contribution in [0.4, 0.5) is 13.2 Å². The van der Waals surface area contributed by atoms with E-state index >= 15 is 0 Å². The molecule has 0 heterocycles. The number of carbonyl (C=O) groups is 1. The van der Waals surface area contributed by atoms with Crippen molar-refractivity contribution >= 4 is 5.91 Å². The van der Waals surface area contributed by atoms with Gasteiger partial charge >= 0.3 is 6.18 Å². The van der Waals surface area contributed by atoms with E-state index in [4.69, 9.17) is 15.2 Å². The summed E-state index contributed by atoms with van der Waals surface area (Å²) in [5, 5.41) is 2.69. The number of rotatable bonds is 6. The van der Waals surface area contributed by atoms with Gasteiger partial charge in [-0.3, -0.25) is 4.79 Å². The summed E-state index contributed by atoms with van der Waals surface area (Å²) in [5.41, 5.74) is 6.13. The average Bonchev–Trinajstić information content (AvgIpc) is 2.48. The molecule has 0 radical (unpaired) electrons. The number of halogens is 3. The molecule has 0 aliphatic rings. The number of alkyl halides is 3. The Labute approximate surface area is 139 Å². The van der Waals surface area contributed by atoms with Crippen LogP contribution in [-0.2, 0) is 11.3 Å². The predicted molar refractivity (Wildman–Crippen MR) is 83.8 cm³/mol. The molecule has 0 saturated heterocycles. The summed E-state index contributed by atoms with van der Waals surface area (Å²) in [4.78, 5) is 12.0. The predicted octanol–water partition coefficient (Wildman–Crippen LogP) is 2.63. The quantitative estimate of drug-likeness (QED) is 0.829. The zero-order valence-corrected chi connectivity index (χ0v) is 14.2. The van der Waals surface area contributed by atoms with Gasteiger partial charge in [-0.15, -0.1) is 0 Å². The van der Waals surface area contributed by atoms with E-state index in [-0.39, 0.29) is 29.4 Å². The molecule has 0 saturated carbocycles. The molecular weight excluding hydrogens is 325 g/mol. The normalized spacial score (nSPS) is 13.3. The summed E-state index contributed by atoms with van der Waals surface area (Å²) >= 11 is 0. The Morgan fingerprint density at radius 2 is 1.88 bits per heavy atom. The van der Waals surface area contributed by atoms with Crippen molar-refractivity contribution < 1.29 is 27.4 Å². The Morgan fingerprint density at radius 3 is 2.38 bits per heavy atom. The maximum Gasteiger partial charge on any atom is 0.422 e. The van der Waals surface area contributed by atoms with Gasteiger partial charge in [-0.2, -0.15) is 13.2 Å². The summed E-state index contributed by atoms with van der Waals surface area (Å²) in [6.45, 7) is 4.34. The van der Waals surface area contributed by atoms with Crippen LogP contribution in [0.15, 0.2) is 18.2 Å². The zero-order chi connectivity index (χ0) is 18.5. The molecule has 0 aliphatic heterocycles. The highest BCUT2D eigenvalue weighted by Gasteiger charge is 2.29. The first-order chi connectivity index (χ1) is 10.9. The van der Waals surface area contributed by atoms with Gasteiger partial charge in [-0.05, 0) is 23.1 Å². The number of ether oxygens (including phenoxy) is 2. The minimum Gasteiger partial charge on any atom is -0.493 e. The second-order valence-electron chi connectivity index (χ2n) is 6.45. The Hall–Kier alpha value is -1.96. The van der Waals surface area contributed by atoms with Gasteiger partial charge in [0.2, 0.25) is 5.91 Å². The van der Waals surface area contributed by atoms with E-state index in [1.54, 1.807) is 6.07 Å². The van der Waals surface area contributed by atoms with Gasteiger partial charge in [0.05, 0.1) is 13.2 Å². The second kappa shape index (κ2) is 7.74. The Balaban J connectivity index is 2.72. The molecule has 0 spiro atoms. The standard InChI is InChI=1S/C16H23F3N2O3/c1-15(2,3)13(20)14(22)21-8-10-5-6-11(12(7-10)23-4)24-9-16(17,18)19/h5-7,13H,8-9,20H2,1-4H3,(H,21,22)/t13-/m1/s1. The summed E-state index contributed by atoms with van der Waals surface area (Å²) in [7, 11) is 1.33. The van der Waals surface area contributed by atoms with Gasteiger partial charge in [0, 0.05) is 6.54 Å². The molecule has 5 nitrogen and oxygen atoms in total. The Bertz CT molecular complexity index is 569. The largest absolute Gasteiger partial charge is 0.493 e. The van der Waals surface area contributed by atoms with Crippen molar-refractivity contribution in [2.75, 3.05) is 13.7 Å². The van der Waals surface area contributed by atoms with E-state index in [0.717, 1.165) is 0 Å². The van der Waals surface area contributed by atoms with Crippen LogP contribution in [0.2, 0.25) is 0 Å². The van der Waals surface area contributed by atoms with E-state index in [9.17, 15) is 18.0 Å². The topological polar surface area (TPSA) is 73.6 Å². The van der Waals surface area contributed by atoms with Crippen LogP contribution in [-0.4, -0.2) is 31.8 Å². The summed E-state index contributed by atoms with van der Waals surface area (Å²) in [6, 6.07) is 3.76. The fourth-order valence-electron chi connectivity index (χ4n) is 1.79. The lowest BCUT2D eigenvalue weighted by Gasteiger charge is -2.25. The van der Waals surface area contributed by atoms with Crippen LogP contribution in [0.3, 0.4) is 0 Å². The Morgan fingerprint density at radius 1 is 1.25 bits per heavy atom. The molecule has 3 N–H and O–H groups in total. The number of hydrogen-bond donors (Lipinski definition) is 2. The molecule has 8 heteroatoms. The molecule has 1 amide bonds. The van der Waals surface area contributed by atoms with Crippen LogP contribution in [0, 0.1) is 5.41 Å². The average molecular weight is 348 g/mol. The molecule has 0 aliphatic carbocycles. The molecule has 0 aromatic heterocycles. The SMILES string of the molecule is COc1cc(CNC(=O)[C@@H](N)C(C)(C)C)ccc1OCC(F)(F)F. The number of hydrogen-bond acceptors (Lipinski definition) is 4. The van der Waals surface area contributed by atoms with E-state index < -0.39 is 18.8 Å². The van der Waals surface area contributed by atoms with Crippen molar-refractivity contribution in [3.63, 3.8) is 0 Å². The van der Waals surface area contributed by atoms with Crippen molar-refractivity contribution in [2.24, 2.45) is 11.1 Å². The number of methoxy groups -OCH3 is 1. The van der Waals surface area contributed by atoms with Crippen molar-refractivity contribution in [3.05, 3.63) is 23.8 Å². The maximum atomic E-state index is 12.2. The van der Waals surface area contributed by atoms with E-state index in [1.165, 1.54) is 19.2 Å². The number of benzene rings is 1. The third-order valence-corrected chi connectivity index (χ3v) is 3.30. The van der Waals surface area contributed by atoms with Gasteiger partial charge in [0.25, 0.3) is 0 Å². The number of nitrogens with two attached hydrogens (primary N) is 1. The fourth-order valence-corrected chi connectivity index (χ4v) is 1.79. The summed E-state index contributed by atoms with van der Waals surface area (Å²) in [6.07, 6.45) is -4.43. The highest BCUT2D eigenvalue weighted by atomic mass is 19.4. The highest BCUT2D eigenvalue weighted by molar-refractivity contribution is 5.82. The van der Waals surface area contributed by atoms with E-state index in [1.807, 2.05) is 20.8 Å². The molecule has 0 fully saturated rings. The summed E-state index contributed by atoms with van der Waals surface area (Å²) in [5.74, 6) is -0.165. The Kier molecular flexibility index (Phi) is 6.48. The van der Waals surface area contributed by atoms with Crippen molar-refractivity contribution in [2.45, 2.75) is 39.5 Å². The van der Waals surface area contributed by atoms with Crippen LogP contribution >= 0.6 is 0 Å². The van der Waals surface area contributed by atoms with Gasteiger partial charge in [-0.1, -0.05) is 26.8 Å². The molecular formula is C16H23F3N2O3. The minimum absolute atomic E-state index is 0.0173. The van der Waals surface area contributed by atoms with Crippen LogP contribution in [0.1, 0.15) is 26.3 Å². The smallest absolute Gasteiger partial charge is 0.422 e. The van der Waals surface area contributed by atoms with Crippen molar-refractivity contribution in [1.29, 1.82) is 0 Å². The fraction of sp³-hybridized carbons (Fsp3) is 0.562. The van der Waals surface area contributed by atoms with Gasteiger partial charge in [-0.25, -0.2) is 0 Å². The third kappa shape index (κ3) is 6.27. The minimum atomic E-state index is -4.43. The molecule has 0 unspecified atom stereocenters. The lowest BCUT2D eigenvalue weighted by atomic mass is 9.87.